The van der Waals surface area contributed by atoms with Gasteiger partial charge >= 0.3 is 0 Å². The van der Waals surface area contributed by atoms with E-state index in [-0.39, 0.29) is 23.9 Å². The first kappa shape index (κ1) is 19.1. The van der Waals surface area contributed by atoms with Crippen molar-refractivity contribution in [3.8, 4) is 11.4 Å². The van der Waals surface area contributed by atoms with Crippen LogP contribution in [0.3, 0.4) is 0 Å². The second-order valence-corrected chi connectivity index (χ2v) is 7.51. The highest BCUT2D eigenvalue weighted by Gasteiger charge is 2.22. The number of amides is 1. The molecular formula is C22H25N5O2. The molecule has 1 aliphatic carbocycles. The molecule has 1 aromatic carbocycles. The van der Waals surface area contributed by atoms with Crippen LogP contribution in [0.4, 0.5) is 0 Å². The summed E-state index contributed by atoms with van der Waals surface area (Å²) in [6.45, 7) is 6.13. The zero-order valence-electron chi connectivity index (χ0n) is 16.6. The van der Waals surface area contributed by atoms with E-state index in [4.69, 9.17) is 0 Å². The van der Waals surface area contributed by atoms with Gasteiger partial charge in [0.1, 0.15) is 0 Å². The standard InChI is InChI=1S/C22H25N5O2/c1-3-13-26-15(2)18(14-19(28)23-17-11-7-8-12-17)21(29)27-22(26)24-20(25-27)16-9-5-4-6-10-16/h3-6,9-10,17H,1,7-8,11-14H2,2H3,(H,23,28). The highest BCUT2D eigenvalue weighted by atomic mass is 16.2. The molecule has 3 aromatic rings. The smallest absolute Gasteiger partial charge is 0.279 e. The Kier molecular flexibility index (Phi) is 5.29. The van der Waals surface area contributed by atoms with Crippen LogP contribution in [0.25, 0.3) is 17.2 Å². The summed E-state index contributed by atoms with van der Waals surface area (Å²) in [5.41, 5.74) is 1.70. The van der Waals surface area contributed by atoms with Crippen molar-refractivity contribution in [1.82, 2.24) is 24.5 Å². The maximum absolute atomic E-state index is 13.2. The molecule has 29 heavy (non-hydrogen) atoms. The summed E-state index contributed by atoms with van der Waals surface area (Å²) in [7, 11) is 0. The number of aromatic nitrogens is 4. The van der Waals surface area contributed by atoms with Crippen LogP contribution in [-0.4, -0.2) is 31.1 Å². The molecule has 1 N–H and O–H groups in total. The number of hydrogen-bond donors (Lipinski definition) is 1. The molecule has 1 aliphatic rings. The Labute approximate surface area is 169 Å². The maximum atomic E-state index is 13.2. The molecule has 0 unspecified atom stereocenters. The third-order valence-electron chi connectivity index (χ3n) is 5.52. The Morgan fingerprint density at radius 3 is 2.69 bits per heavy atom. The van der Waals surface area contributed by atoms with Gasteiger partial charge in [-0.05, 0) is 19.8 Å². The molecule has 0 saturated heterocycles. The van der Waals surface area contributed by atoms with Gasteiger partial charge in [0.15, 0.2) is 5.82 Å². The highest BCUT2D eigenvalue weighted by Crippen LogP contribution is 2.19. The molecule has 1 amide bonds. The second-order valence-electron chi connectivity index (χ2n) is 7.51. The monoisotopic (exact) mass is 391 g/mol. The van der Waals surface area contributed by atoms with Gasteiger partial charge < -0.3 is 9.88 Å². The number of allylic oxidation sites excluding steroid dienone is 1. The number of nitrogens with zero attached hydrogens (tertiary/aromatic N) is 4. The third kappa shape index (κ3) is 3.72. The zero-order valence-corrected chi connectivity index (χ0v) is 16.6. The third-order valence-corrected chi connectivity index (χ3v) is 5.52. The summed E-state index contributed by atoms with van der Waals surface area (Å²) >= 11 is 0. The molecule has 2 aromatic heterocycles. The van der Waals surface area contributed by atoms with Crippen molar-refractivity contribution in [3.05, 3.63) is 64.6 Å². The molecule has 0 radical (unpaired) electrons. The Morgan fingerprint density at radius 2 is 2.00 bits per heavy atom. The van der Waals surface area contributed by atoms with Crippen LogP contribution in [0.2, 0.25) is 0 Å². The molecule has 7 heteroatoms. The Morgan fingerprint density at radius 1 is 1.28 bits per heavy atom. The SMILES string of the molecule is C=CCn1c(C)c(CC(=O)NC2CCCC2)c(=O)n2nc(-c3ccccc3)nc12. The van der Waals surface area contributed by atoms with Gasteiger partial charge in [0.2, 0.25) is 11.7 Å². The fourth-order valence-electron chi connectivity index (χ4n) is 3.98. The van der Waals surface area contributed by atoms with Gasteiger partial charge in [0.25, 0.3) is 5.56 Å². The first-order valence-electron chi connectivity index (χ1n) is 10.0. The fraction of sp³-hybridized carbons (Fsp3) is 0.364. The molecule has 0 bridgehead atoms. The summed E-state index contributed by atoms with van der Waals surface area (Å²) in [6.07, 6.45) is 6.08. The Hall–Kier alpha value is -3.22. The Bertz CT molecular complexity index is 1110. The number of fused-ring (bicyclic) bond motifs is 1. The topological polar surface area (TPSA) is 81.3 Å². The molecule has 150 valence electrons. The summed E-state index contributed by atoms with van der Waals surface area (Å²) in [5, 5.41) is 7.50. The van der Waals surface area contributed by atoms with E-state index in [9.17, 15) is 9.59 Å². The average Bonchev–Trinajstić information content (AvgIpc) is 3.39. The number of carbonyl (C=O) groups is 1. The van der Waals surface area contributed by atoms with Crippen LogP contribution in [0.1, 0.15) is 36.9 Å². The highest BCUT2D eigenvalue weighted by molar-refractivity contribution is 5.79. The summed E-state index contributed by atoms with van der Waals surface area (Å²) in [5.74, 6) is 0.809. The molecule has 0 aliphatic heterocycles. The van der Waals surface area contributed by atoms with Crippen molar-refractivity contribution in [2.75, 3.05) is 0 Å². The largest absolute Gasteiger partial charge is 0.353 e. The van der Waals surface area contributed by atoms with Gasteiger partial charge in [-0.25, -0.2) is 0 Å². The van der Waals surface area contributed by atoms with Crippen molar-refractivity contribution < 1.29 is 4.79 Å². The van der Waals surface area contributed by atoms with Crippen molar-refractivity contribution in [3.63, 3.8) is 0 Å². The average molecular weight is 391 g/mol. The van der Waals surface area contributed by atoms with E-state index in [2.05, 4.69) is 22.0 Å². The zero-order chi connectivity index (χ0) is 20.4. The van der Waals surface area contributed by atoms with Crippen LogP contribution < -0.4 is 10.9 Å². The molecule has 4 rings (SSSR count). The van der Waals surface area contributed by atoms with Gasteiger partial charge in [-0.15, -0.1) is 11.7 Å². The minimum absolute atomic E-state index is 0.0365. The lowest BCUT2D eigenvalue weighted by Gasteiger charge is -2.15. The lowest BCUT2D eigenvalue weighted by molar-refractivity contribution is -0.121. The summed E-state index contributed by atoms with van der Waals surface area (Å²) in [4.78, 5) is 30.3. The van der Waals surface area contributed by atoms with E-state index in [0.29, 0.717) is 23.7 Å². The van der Waals surface area contributed by atoms with Crippen LogP contribution in [-0.2, 0) is 17.8 Å². The van der Waals surface area contributed by atoms with Gasteiger partial charge in [-0.2, -0.15) is 9.50 Å². The number of carbonyl (C=O) groups excluding carboxylic acids is 1. The van der Waals surface area contributed by atoms with E-state index in [1.165, 1.54) is 4.52 Å². The van der Waals surface area contributed by atoms with Gasteiger partial charge in [-0.3, -0.25) is 9.59 Å². The Balaban J connectivity index is 1.77. The first-order chi connectivity index (χ1) is 14.1. The lowest BCUT2D eigenvalue weighted by atomic mass is 10.1. The summed E-state index contributed by atoms with van der Waals surface area (Å²) in [6, 6.07) is 9.75. The van der Waals surface area contributed by atoms with Crippen molar-refractivity contribution in [2.24, 2.45) is 0 Å². The minimum Gasteiger partial charge on any atom is -0.353 e. The van der Waals surface area contributed by atoms with Crippen molar-refractivity contribution in [1.29, 1.82) is 0 Å². The van der Waals surface area contributed by atoms with E-state index < -0.39 is 0 Å². The number of hydrogen-bond acceptors (Lipinski definition) is 4. The first-order valence-corrected chi connectivity index (χ1v) is 10.0. The predicted octanol–water partition coefficient (Wildman–Crippen LogP) is 2.65. The van der Waals surface area contributed by atoms with E-state index >= 15 is 0 Å². The van der Waals surface area contributed by atoms with E-state index in [0.717, 1.165) is 36.9 Å². The van der Waals surface area contributed by atoms with Gasteiger partial charge in [-0.1, -0.05) is 49.2 Å². The van der Waals surface area contributed by atoms with E-state index in [1.807, 2.05) is 41.8 Å². The van der Waals surface area contributed by atoms with Crippen LogP contribution >= 0.6 is 0 Å². The maximum Gasteiger partial charge on any atom is 0.279 e. The van der Waals surface area contributed by atoms with Crippen molar-refractivity contribution in [2.45, 2.75) is 51.6 Å². The molecule has 1 saturated carbocycles. The van der Waals surface area contributed by atoms with Gasteiger partial charge in [0.05, 0.1) is 6.42 Å². The van der Waals surface area contributed by atoms with E-state index in [1.54, 1.807) is 6.08 Å². The molecule has 0 atom stereocenters. The number of benzene rings is 1. The lowest BCUT2D eigenvalue weighted by Crippen LogP contribution is -2.36. The minimum atomic E-state index is -0.297. The number of nitrogens with one attached hydrogen (secondary N) is 1. The summed E-state index contributed by atoms with van der Waals surface area (Å²) < 4.78 is 3.18. The predicted molar refractivity (Wildman–Crippen MR) is 112 cm³/mol. The fourth-order valence-corrected chi connectivity index (χ4v) is 3.98. The normalized spacial score (nSPS) is 14.4. The second kappa shape index (κ2) is 8.03. The van der Waals surface area contributed by atoms with Crippen LogP contribution in [0, 0.1) is 6.92 Å². The van der Waals surface area contributed by atoms with Crippen LogP contribution in [0.15, 0.2) is 47.8 Å². The molecule has 1 fully saturated rings. The van der Waals surface area contributed by atoms with Crippen LogP contribution in [0.5, 0.6) is 0 Å². The van der Waals surface area contributed by atoms with Crippen molar-refractivity contribution >= 4 is 11.7 Å². The quantitative estimate of drug-likeness (QED) is 0.655. The van der Waals surface area contributed by atoms with Gasteiger partial charge in [0, 0.05) is 29.4 Å². The molecular weight excluding hydrogens is 366 g/mol. The molecule has 7 nitrogen and oxygen atoms in total. The molecule has 0 spiro atoms. The molecule has 2 heterocycles. The number of rotatable bonds is 6.